The molecule has 2 aromatic carbocycles. The second kappa shape index (κ2) is 8.10. The number of esters is 1. The molecule has 0 aliphatic rings. The minimum absolute atomic E-state index is 0.353. The molecule has 6 nitrogen and oxygen atoms in total. The molecule has 0 aliphatic heterocycles. The van der Waals surface area contributed by atoms with Crippen molar-refractivity contribution in [3.63, 3.8) is 0 Å². The zero-order valence-electron chi connectivity index (χ0n) is 14.3. The molecule has 2 N–H and O–H groups in total. The van der Waals surface area contributed by atoms with Crippen molar-refractivity contribution in [2.75, 3.05) is 7.05 Å². The Bertz CT molecular complexity index is 767. The molecule has 0 bridgehead atoms. The third-order valence-electron chi connectivity index (χ3n) is 3.49. The van der Waals surface area contributed by atoms with Gasteiger partial charge in [0.15, 0.2) is 0 Å². The van der Waals surface area contributed by atoms with Crippen LogP contribution in [0.4, 0.5) is 4.79 Å². The predicted molar refractivity (Wildman–Crippen MR) is 93.1 cm³/mol. The van der Waals surface area contributed by atoms with E-state index >= 15 is 0 Å². The fourth-order valence-corrected chi connectivity index (χ4v) is 2.41. The SMILES string of the molecule is CNC(=O)NC(=O)[C@@H](OC(=O)c1cc(C)cc(C)c1)c1ccccc1. The summed E-state index contributed by atoms with van der Waals surface area (Å²) in [6.07, 6.45) is -1.23. The van der Waals surface area contributed by atoms with E-state index in [1.807, 2.05) is 19.9 Å². The lowest BCUT2D eigenvalue weighted by Crippen LogP contribution is -2.41. The van der Waals surface area contributed by atoms with Crippen molar-refractivity contribution in [2.45, 2.75) is 20.0 Å². The highest BCUT2D eigenvalue weighted by molar-refractivity contribution is 5.99. The first-order valence-electron chi connectivity index (χ1n) is 7.77. The van der Waals surface area contributed by atoms with E-state index in [1.165, 1.54) is 7.05 Å². The predicted octanol–water partition coefficient (Wildman–Crippen LogP) is 2.66. The lowest BCUT2D eigenvalue weighted by Gasteiger charge is -2.18. The quantitative estimate of drug-likeness (QED) is 0.838. The summed E-state index contributed by atoms with van der Waals surface area (Å²) in [6.45, 7) is 3.74. The van der Waals surface area contributed by atoms with Crippen LogP contribution in [0.5, 0.6) is 0 Å². The van der Waals surface area contributed by atoms with E-state index in [2.05, 4.69) is 10.6 Å². The maximum Gasteiger partial charge on any atom is 0.339 e. The van der Waals surface area contributed by atoms with E-state index in [-0.39, 0.29) is 0 Å². The van der Waals surface area contributed by atoms with Gasteiger partial charge in [-0.2, -0.15) is 0 Å². The molecule has 0 spiro atoms. The number of hydrogen-bond donors (Lipinski definition) is 2. The van der Waals surface area contributed by atoms with E-state index in [4.69, 9.17) is 4.74 Å². The molecule has 0 unspecified atom stereocenters. The Labute approximate surface area is 146 Å². The molecular formula is C19H20N2O4. The zero-order chi connectivity index (χ0) is 18.4. The van der Waals surface area contributed by atoms with E-state index in [0.717, 1.165) is 11.1 Å². The molecule has 0 radical (unpaired) electrons. The highest BCUT2D eigenvalue weighted by Gasteiger charge is 2.27. The topological polar surface area (TPSA) is 84.5 Å². The van der Waals surface area contributed by atoms with E-state index in [9.17, 15) is 14.4 Å². The normalized spacial score (nSPS) is 11.3. The van der Waals surface area contributed by atoms with Crippen LogP contribution in [0.2, 0.25) is 0 Å². The van der Waals surface area contributed by atoms with Crippen molar-refractivity contribution in [2.24, 2.45) is 0 Å². The van der Waals surface area contributed by atoms with Crippen LogP contribution < -0.4 is 10.6 Å². The minimum Gasteiger partial charge on any atom is -0.444 e. The van der Waals surface area contributed by atoms with Crippen LogP contribution in [0.3, 0.4) is 0 Å². The highest BCUT2D eigenvalue weighted by Crippen LogP contribution is 2.20. The molecule has 0 aromatic heterocycles. The smallest absolute Gasteiger partial charge is 0.339 e. The Morgan fingerprint density at radius 2 is 1.56 bits per heavy atom. The fourth-order valence-electron chi connectivity index (χ4n) is 2.41. The lowest BCUT2D eigenvalue weighted by atomic mass is 10.1. The summed E-state index contributed by atoms with van der Waals surface area (Å²) < 4.78 is 5.41. The first-order chi connectivity index (χ1) is 11.9. The molecule has 25 heavy (non-hydrogen) atoms. The lowest BCUT2D eigenvalue weighted by molar-refractivity contribution is -0.129. The number of hydrogen-bond acceptors (Lipinski definition) is 4. The fraction of sp³-hybridized carbons (Fsp3) is 0.211. The molecule has 3 amide bonds. The number of carbonyl (C=O) groups is 3. The number of aryl methyl sites for hydroxylation is 2. The molecule has 0 saturated heterocycles. The summed E-state index contributed by atoms with van der Waals surface area (Å²) in [7, 11) is 1.39. The van der Waals surface area contributed by atoms with Gasteiger partial charge in [-0.25, -0.2) is 9.59 Å². The molecule has 2 aromatic rings. The number of imide groups is 1. The molecule has 130 valence electrons. The number of ether oxygens (including phenoxy) is 1. The van der Waals surface area contributed by atoms with Gasteiger partial charge in [0.2, 0.25) is 6.10 Å². The molecule has 0 aliphatic carbocycles. The van der Waals surface area contributed by atoms with Crippen molar-refractivity contribution in [3.8, 4) is 0 Å². The Kier molecular flexibility index (Phi) is 5.89. The summed E-state index contributed by atoms with van der Waals surface area (Å²) >= 11 is 0. The zero-order valence-corrected chi connectivity index (χ0v) is 14.3. The van der Waals surface area contributed by atoms with Crippen LogP contribution in [0.25, 0.3) is 0 Å². The van der Waals surface area contributed by atoms with Gasteiger partial charge >= 0.3 is 12.0 Å². The first-order valence-corrected chi connectivity index (χ1v) is 7.77. The second-order valence-electron chi connectivity index (χ2n) is 5.64. The van der Waals surface area contributed by atoms with Gasteiger partial charge in [0.25, 0.3) is 5.91 Å². The molecule has 0 saturated carbocycles. The Morgan fingerprint density at radius 1 is 0.960 bits per heavy atom. The summed E-state index contributed by atoms with van der Waals surface area (Å²) in [5.74, 6) is -1.35. The molecule has 2 rings (SSSR count). The van der Waals surface area contributed by atoms with E-state index < -0.39 is 24.0 Å². The van der Waals surface area contributed by atoms with Crippen molar-refractivity contribution in [3.05, 3.63) is 70.8 Å². The minimum atomic E-state index is -1.23. The summed E-state index contributed by atoms with van der Waals surface area (Å²) in [4.78, 5) is 36.3. The Balaban J connectivity index is 2.28. The van der Waals surface area contributed by atoms with Crippen molar-refractivity contribution < 1.29 is 19.1 Å². The number of nitrogens with one attached hydrogen (secondary N) is 2. The number of rotatable bonds is 4. The molecule has 0 fully saturated rings. The highest BCUT2D eigenvalue weighted by atomic mass is 16.5. The number of urea groups is 1. The van der Waals surface area contributed by atoms with Crippen molar-refractivity contribution in [1.29, 1.82) is 0 Å². The van der Waals surface area contributed by atoms with Gasteiger partial charge in [-0.05, 0) is 26.0 Å². The Morgan fingerprint density at radius 3 is 2.12 bits per heavy atom. The summed E-state index contributed by atoms with van der Waals surface area (Å²) in [5, 5.41) is 4.43. The van der Waals surface area contributed by atoms with Crippen LogP contribution in [0.1, 0.15) is 33.2 Å². The van der Waals surface area contributed by atoms with Crippen molar-refractivity contribution in [1.82, 2.24) is 10.6 Å². The first kappa shape index (κ1) is 18.2. The Hall–Kier alpha value is -3.15. The maximum atomic E-state index is 12.5. The third kappa shape index (κ3) is 4.91. The largest absolute Gasteiger partial charge is 0.444 e. The number of carbonyl (C=O) groups excluding carboxylic acids is 3. The summed E-state index contributed by atoms with van der Waals surface area (Å²) in [5.41, 5.74) is 2.66. The van der Waals surface area contributed by atoms with Gasteiger partial charge in [-0.15, -0.1) is 0 Å². The van der Waals surface area contributed by atoms with Gasteiger partial charge in [0.05, 0.1) is 5.56 Å². The van der Waals surface area contributed by atoms with Crippen LogP contribution in [-0.2, 0) is 9.53 Å². The standard InChI is InChI=1S/C19H20N2O4/c1-12-9-13(2)11-15(10-12)18(23)25-16(14-7-5-4-6-8-14)17(22)21-19(24)20-3/h4-11,16H,1-3H3,(H2,20,21,22,24)/t16-/m0/s1. The van der Waals surface area contributed by atoms with Crippen LogP contribution in [0, 0.1) is 13.8 Å². The van der Waals surface area contributed by atoms with Crippen LogP contribution in [-0.4, -0.2) is 25.0 Å². The van der Waals surface area contributed by atoms with Gasteiger partial charge in [0, 0.05) is 12.6 Å². The van der Waals surface area contributed by atoms with Gasteiger partial charge < -0.3 is 10.1 Å². The van der Waals surface area contributed by atoms with E-state index in [1.54, 1.807) is 42.5 Å². The monoisotopic (exact) mass is 340 g/mol. The average molecular weight is 340 g/mol. The van der Waals surface area contributed by atoms with Gasteiger partial charge in [0.1, 0.15) is 0 Å². The molecular weight excluding hydrogens is 320 g/mol. The van der Waals surface area contributed by atoms with Crippen LogP contribution in [0.15, 0.2) is 48.5 Å². The van der Waals surface area contributed by atoms with Gasteiger partial charge in [-0.3, -0.25) is 10.1 Å². The summed E-state index contributed by atoms with van der Waals surface area (Å²) in [6, 6.07) is 13.2. The van der Waals surface area contributed by atoms with Crippen LogP contribution >= 0.6 is 0 Å². The van der Waals surface area contributed by atoms with Gasteiger partial charge in [-0.1, -0.05) is 47.5 Å². The molecule has 1 atom stereocenters. The molecule has 6 heteroatoms. The van der Waals surface area contributed by atoms with Crippen molar-refractivity contribution >= 4 is 17.9 Å². The molecule has 0 heterocycles. The number of amides is 3. The van der Waals surface area contributed by atoms with E-state index in [0.29, 0.717) is 11.1 Å². The third-order valence-corrected chi connectivity index (χ3v) is 3.49. The maximum absolute atomic E-state index is 12.5. The number of benzene rings is 2. The average Bonchev–Trinajstić information content (AvgIpc) is 2.59. The second-order valence-corrected chi connectivity index (χ2v) is 5.64.